The van der Waals surface area contributed by atoms with Crippen LogP contribution >= 0.6 is 0 Å². The monoisotopic (exact) mass is 759 g/mol. The molecule has 3 N–H and O–H groups in total. The smallest absolute Gasteiger partial charge is 0.327 e. The molecule has 2 bridgehead atoms. The molecule has 12 heteroatoms. The normalized spacial score (nSPS) is 29.4. The van der Waals surface area contributed by atoms with Crippen molar-refractivity contribution in [2.24, 2.45) is 5.41 Å². The van der Waals surface area contributed by atoms with Crippen LogP contribution in [-0.4, -0.2) is 99.9 Å². The molecular formula is C43H57N3O9. The van der Waals surface area contributed by atoms with Gasteiger partial charge in [-0.2, -0.15) is 5.06 Å². The van der Waals surface area contributed by atoms with Gasteiger partial charge >= 0.3 is 5.97 Å². The van der Waals surface area contributed by atoms with Gasteiger partial charge in [0.25, 0.3) is 0 Å². The Balaban J connectivity index is 1.24. The van der Waals surface area contributed by atoms with Gasteiger partial charge in [0, 0.05) is 32.4 Å². The van der Waals surface area contributed by atoms with E-state index in [1.54, 1.807) is 22.1 Å². The van der Waals surface area contributed by atoms with Crippen molar-refractivity contribution in [1.82, 2.24) is 15.3 Å². The van der Waals surface area contributed by atoms with E-state index in [0.29, 0.717) is 38.6 Å². The number of carbonyl (C=O) groups excluding carboxylic acids is 3. The molecule has 2 aromatic carbocycles. The van der Waals surface area contributed by atoms with E-state index in [9.17, 15) is 19.8 Å². The molecule has 2 aromatic rings. The Hall–Kier alpha value is -3.81. The minimum absolute atomic E-state index is 0.0898. The second-order valence-electron chi connectivity index (χ2n) is 15.8. The van der Waals surface area contributed by atoms with Gasteiger partial charge in [-0.05, 0) is 54.9 Å². The van der Waals surface area contributed by atoms with Gasteiger partial charge in [-0.25, -0.2) is 0 Å². The lowest BCUT2D eigenvalue weighted by atomic mass is 9.62. The van der Waals surface area contributed by atoms with Gasteiger partial charge < -0.3 is 34.6 Å². The lowest BCUT2D eigenvalue weighted by molar-refractivity contribution is -0.225. The first kappa shape index (κ1) is 39.4. The summed E-state index contributed by atoms with van der Waals surface area (Å²) in [5.41, 5.74) is 1.21. The molecule has 1 aliphatic carbocycles. The van der Waals surface area contributed by atoms with Crippen molar-refractivity contribution in [3.8, 4) is 5.75 Å². The van der Waals surface area contributed by atoms with Crippen molar-refractivity contribution in [2.45, 2.75) is 140 Å². The summed E-state index contributed by atoms with van der Waals surface area (Å²) in [7, 11) is 0. The number of aliphatic hydroxyl groups excluding tert-OH is 1. The molecule has 0 radical (unpaired) electrons. The van der Waals surface area contributed by atoms with Gasteiger partial charge in [0.1, 0.15) is 41.6 Å². The number of likely N-dealkylation sites (tertiary alicyclic amines) is 1. The molecule has 5 aliphatic rings. The number of rotatable bonds is 17. The Morgan fingerprint density at radius 3 is 2.40 bits per heavy atom. The molecule has 7 atom stereocenters. The number of allylic oxidation sites excluding steroid dienone is 1. The molecule has 12 nitrogen and oxygen atoms in total. The quantitative estimate of drug-likeness (QED) is 0.146. The number of aliphatic hydroxyl groups is 1. The molecule has 0 aromatic heterocycles. The van der Waals surface area contributed by atoms with E-state index in [2.05, 4.69) is 19.2 Å². The van der Waals surface area contributed by atoms with Gasteiger partial charge in [0.15, 0.2) is 11.8 Å². The SMILES string of the molecule is CCCCCC1(CCCCC)O[C@@H]2[C@H](O1)[C@H]1ON(Cc3ccccc3C=CCc3ccccc3O)[C@H]3C(=O)O[C@@H]2C[C@@]13C(=O)N1CCC[C@@H]1C(=O)NCCO. The number of para-hydroxylation sites is 1. The summed E-state index contributed by atoms with van der Waals surface area (Å²) >= 11 is 0. The number of ether oxygens (including phenoxy) is 3. The number of amides is 2. The third-order valence-corrected chi connectivity index (χ3v) is 12.2. The van der Waals surface area contributed by atoms with Crippen molar-refractivity contribution < 1.29 is 43.6 Å². The molecule has 1 saturated carbocycles. The van der Waals surface area contributed by atoms with Crippen molar-refractivity contribution in [2.75, 3.05) is 19.7 Å². The van der Waals surface area contributed by atoms with E-state index in [1.807, 2.05) is 48.6 Å². The summed E-state index contributed by atoms with van der Waals surface area (Å²) < 4.78 is 20.2. The minimum atomic E-state index is -1.39. The van der Waals surface area contributed by atoms with Crippen LogP contribution in [0.4, 0.5) is 0 Å². The summed E-state index contributed by atoms with van der Waals surface area (Å²) in [5.74, 6) is -1.82. The maximum Gasteiger partial charge on any atom is 0.327 e. The van der Waals surface area contributed by atoms with Crippen molar-refractivity contribution in [3.05, 3.63) is 71.3 Å². The fourth-order valence-electron chi connectivity index (χ4n) is 9.53. The number of hydrogen-bond acceptors (Lipinski definition) is 10. The molecule has 5 fully saturated rings. The van der Waals surface area contributed by atoms with Crippen LogP contribution in [0.1, 0.15) is 101 Å². The van der Waals surface area contributed by atoms with Gasteiger partial charge in [0.2, 0.25) is 11.8 Å². The summed E-state index contributed by atoms with van der Waals surface area (Å²) in [4.78, 5) is 51.6. The fourth-order valence-corrected chi connectivity index (χ4v) is 9.53. The van der Waals surface area contributed by atoms with Crippen molar-refractivity contribution in [3.63, 3.8) is 0 Å². The Morgan fingerprint density at radius 1 is 0.964 bits per heavy atom. The molecular weight excluding hydrogens is 702 g/mol. The van der Waals surface area contributed by atoms with E-state index in [0.717, 1.165) is 55.2 Å². The molecule has 4 aliphatic heterocycles. The first-order valence-electron chi connectivity index (χ1n) is 20.5. The minimum Gasteiger partial charge on any atom is -0.508 e. The number of nitrogens with zero attached hydrogens (tertiary/aromatic N) is 2. The number of hydroxylamine groups is 2. The van der Waals surface area contributed by atoms with Crippen molar-refractivity contribution in [1.29, 1.82) is 0 Å². The predicted octanol–water partition coefficient (Wildman–Crippen LogP) is 5.19. The maximum atomic E-state index is 15.3. The second-order valence-corrected chi connectivity index (χ2v) is 15.8. The number of phenols is 1. The Labute approximate surface area is 324 Å². The van der Waals surface area contributed by atoms with Crippen LogP contribution in [0.5, 0.6) is 5.75 Å². The van der Waals surface area contributed by atoms with Crippen LogP contribution in [0.3, 0.4) is 0 Å². The van der Waals surface area contributed by atoms with Gasteiger partial charge in [-0.15, -0.1) is 0 Å². The topological polar surface area (TPSA) is 147 Å². The first-order chi connectivity index (χ1) is 26.7. The second kappa shape index (κ2) is 17.1. The van der Waals surface area contributed by atoms with Crippen LogP contribution in [0.25, 0.3) is 6.08 Å². The van der Waals surface area contributed by atoms with Crippen LogP contribution in [0.2, 0.25) is 0 Å². The zero-order valence-electron chi connectivity index (χ0n) is 32.2. The first-order valence-corrected chi connectivity index (χ1v) is 20.5. The number of unbranched alkanes of at least 4 members (excludes halogenated alkanes) is 4. The lowest BCUT2D eigenvalue weighted by Gasteiger charge is -2.50. The highest BCUT2D eigenvalue weighted by Crippen LogP contribution is 2.59. The Morgan fingerprint density at radius 2 is 1.67 bits per heavy atom. The predicted molar refractivity (Wildman–Crippen MR) is 204 cm³/mol. The number of nitrogens with one attached hydrogen (secondary N) is 1. The lowest BCUT2D eigenvalue weighted by Crippen LogP contribution is -2.70. The molecule has 7 rings (SSSR count). The van der Waals surface area contributed by atoms with Crippen LogP contribution < -0.4 is 5.32 Å². The number of phenolic OH excluding ortho intramolecular Hbond substituents is 1. The summed E-state index contributed by atoms with van der Waals surface area (Å²) in [5, 5.41) is 24.1. The largest absolute Gasteiger partial charge is 0.508 e. The molecule has 298 valence electrons. The summed E-state index contributed by atoms with van der Waals surface area (Å²) in [6, 6.07) is 13.3. The summed E-state index contributed by atoms with van der Waals surface area (Å²) in [6.07, 6.45) is 10.3. The van der Waals surface area contributed by atoms with E-state index in [-0.39, 0.29) is 43.7 Å². The van der Waals surface area contributed by atoms with Gasteiger partial charge in [0.05, 0.1) is 13.2 Å². The Bertz CT molecular complexity index is 1710. The highest BCUT2D eigenvalue weighted by atomic mass is 16.8. The molecule has 4 heterocycles. The number of carbonyl (C=O) groups is 3. The highest BCUT2D eigenvalue weighted by Gasteiger charge is 2.77. The standard InChI is InChI=1S/C43H57N3O9/c1-3-5-11-22-42(23-12-6-4-2)53-35-34-27-43(41(51)45-25-14-20-32(45)39(49)44-24-26-47)37(40(50)52-34)46(55-38(43)36(35)54-42)28-31-17-8-7-15-29(31)18-13-19-30-16-9-10-21-33(30)48/h7-10,13,15-18,21,32,34-38,47-48H,3-6,11-12,14,19-20,22-28H2,1-2H3,(H,44,49)/t32-,34-,35+,36+,37+,38-,43+/m1/s1. The zero-order chi connectivity index (χ0) is 38.6. The third-order valence-electron chi connectivity index (χ3n) is 12.2. The highest BCUT2D eigenvalue weighted by molar-refractivity contribution is 5.96. The molecule has 55 heavy (non-hydrogen) atoms. The number of aromatic hydroxyl groups is 1. The average Bonchev–Trinajstić information content (AvgIpc) is 3.91. The van der Waals surface area contributed by atoms with E-state index in [4.69, 9.17) is 19.0 Å². The Kier molecular flexibility index (Phi) is 12.3. The zero-order valence-corrected chi connectivity index (χ0v) is 32.2. The van der Waals surface area contributed by atoms with E-state index >= 15 is 4.79 Å². The third kappa shape index (κ3) is 7.68. The number of benzene rings is 2. The number of fused-ring (bicyclic) bond motifs is 4. The number of esters is 1. The van der Waals surface area contributed by atoms with E-state index in [1.165, 1.54) is 0 Å². The molecule has 2 amide bonds. The summed E-state index contributed by atoms with van der Waals surface area (Å²) in [6.45, 7) is 4.76. The van der Waals surface area contributed by atoms with Gasteiger partial charge in [-0.3, -0.25) is 19.2 Å². The van der Waals surface area contributed by atoms with E-state index < -0.39 is 53.7 Å². The van der Waals surface area contributed by atoms with Crippen LogP contribution in [0, 0.1) is 5.41 Å². The van der Waals surface area contributed by atoms with Crippen LogP contribution in [0.15, 0.2) is 54.6 Å². The average molecular weight is 760 g/mol. The number of hydrogen-bond donors (Lipinski definition) is 3. The molecule has 0 spiro atoms. The molecule has 0 unspecified atom stereocenters. The maximum absolute atomic E-state index is 15.3. The molecule has 4 saturated heterocycles. The van der Waals surface area contributed by atoms with Crippen molar-refractivity contribution >= 4 is 23.9 Å². The fraction of sp³-hybridized carbons (Fsp3) is 0.605. The van der Waals surface area contributed by atoms with Crippen LogP contribution in [-0.2, 0) is 46.4 Å². The van der Waals surface area contributed by atoms with Gasteiger partial charge in [-0.1, -0.05) is 94.1 Å².